The number of aromatic hydroxyl groups is 1. The van der Waals surface area contributed by atoms with Crippen molar-refractivity contribution in [3.05, 3.63) is 64.7 Å². The zero-order valence-electron chi connectivity index (χ0n) is 13.7. The van der Waals surface area contributed by atoms with Crippen molar-refractivity contribution in [3.63, 3.8) is 0 Å². The summed E-state index contributed by atoms with van der Waals surface area (Å²) in [4.78, 5) is 19.4. The third-order valence-corrected chi connectivity index (χ3v) is 3.40. The van der Waals surface area contributed by atoms with Crippen LogP contribution in [0, 0.1) is 0 Å². The van der Waals surface area contributed by atoms with E-state index < -0.39 is 18.8 Å². The molecule has 0 aliphatic heterocycles. The number of rotatable bonds is 5. The Morgan fingerprint density at radius 1 is 1.11 bits per heavy atom. The fourth-order valence-corrected chi connectivity index (χ4v) is 2.21. The smallest absolute Gasteiger partial charge is 0.422 e. The molecule has 0 saturated carbocycles. The van der Waals surface area contributed by atoms with Gasteiger partial charge in [0.05, 0.1) is 12.2 Å². The predicted molar refractivity (Wildman–Crippen MR) is 88.3 cm³/mol. The maximum Gasteiger partial charge on any atom is 0.422 e. The Morgan fingerprint density at radius 3 is 2.52 bits per heavy atom. The van der Waals surface area contributed by atoms with E-state index in [1.54, 1.807) is 12.1 Å². The van der Waals surface area contributed by atoms with E-state index >= 15 is 0 Å². The highest BCUT2D eigenvalue weighted by Crippen LogP contribution is 2.18. The lowest BCUT2D eigenvalue weighted by atomic mass is 10.2. The molecule has 0 fully saturated rings. The Bertz CT molecular complexity index is 988. The molecule has 0 unspecified atom stereocenters. The van der Waals surface area contributed by atoms with Gasteiger partial charge in [0.15, 0.2) is 6.61 Å². The molecular formula is C17H13F3N4O3. The normalized spacial score (nSPS) is 11.4. The number of aromatic nitrogens is 4. The van der Waals surface area contributed by atoms with Crippen molar-refractivity contribution in [2.24, 2.45) is 0 Å². The molecule has 3 aromatic rings. The summed E-state index contributed by atoms with van der Waals surface area (Å²) in [5.74, 6) is 0.0690. The average molecular weight is 378 g/mol. The summed E-state index contributed by atoms with van der Waals surface area (Å²) in [5, 5.41) is 13.7. The molecule has 0 aliphatic rings. The third-order valence-electron chi connectivity index (χ3n) is 3.40. The lowest BCUT2D eigenvalue weighted by Crippen LogP contribution is -2.22. The van der Waals surface area contributed by atoms with Crippen LogP contribution >= 0.6 is 0 Å². The van der Waals surface area contributed by atoms with Crippen molar-refractivity contribution in [1.29, 1.82) is 0 Å². The van der Waals surface area contributed by atoms with Crippen LogP contribution in [0.5, 0.6) is 11.8 Å². The maximum absolute atomic E-state index is 12.1. The summed E-state index contributed by atoms with van der Waals surface area (Å²) in [5.41, 5.74) is 1.08. The number of hydrogen-bond donors (Lipinski definition) is 1. The zero-order valence-corrected chi connectivity index (χ0v) is 13.7. The van der Waals surface area contributed by atoms with Crippen LogP contribution in [0.4, 0.5) is 13.2 Å². The van der Waals surface area contributed by atoms with E-state index in [9.17, 15) is 23.1 Å². The molecule has 0 aliphatic carbocycles. The number of alkyl halides is 3. The minimum atomic E-state index is -4.48. The van der Waals surface area contributed by atoms with Crippen LogP contribution in [0.15, 0.2) is 53.6 Å². The third kappa shape index (κ3) is 5.03. The predicted octanol–water partition coefficient (Wildman–Crippen LogP) is 2.40. The summed E-state index contributed by atoms with van der Waals surface area (Å²) >= 11 is 0. The van der Waals surface area contributed by atoms with Gasteiger partial charge in [0.25, 0.3) is 5.56 Å². The second-order valence-electron chi connectivity index (χ2n) is 5.54. The summed E-state index contributed by atoms with van der Waals surface area (Å²) in [6.07, 6.45) is -1.97. The van der Waals surface area contributed by atoms with Gasteiger partial charge >= 0.3 is 12.2 Å². The number of nitrogens with zero attached hydrogens (tertiary/aromatic N) is 4. The van der Waals surface area contributed by atoms with Gasteiger partial charge < -0.3 is 9.84 Å². The number of hydrogen-bond acceptors (Lipinski definition) is 6. The van der Waals surface area contributed by atoms with Gasteiger partial charge in [0.1, 0.15) is 5.75 Å². The van der Waals surface area contributed by atoms with Gasteiger partial charge in [-0.2, -0.15) is 18.3 Å². The Balaban J connectivity index is 1.80. The minimum Gasteiger partial charge on any atom is -0.508 e. The first-order valence-electron chi connectivity index (χ1n) is 7.68. The second-order valence-corrected chi connectivity index (χ2v) is 5.54. The van der Waals surface area contributed by atoms with Crippen LogP contribution in [0.3, 0.4) is 0 Å². The van der Waals surface area contributed by atoms with Crippen LogP contribution in [0.2, 0.25) is 0 Å². The molecule has 0 spiro atoms. The Hall–Kier alpha value is -3.43. The molecule has 0 atom stereocenters. The lowest BCUT2D eigenvalue weighted by molar-refractivity contribution is -0.154. The molecule has 0 radical (unpaired) electrons. The molecule has 1 N–H and O–H groups in total. The maximum atomic E-state index is 12.1. The largest absolute Gasteiger partial charge is 0.508 e. The van der Waals surface area contributed by atoms with Crippen molar-refractivity contribution < 1.29 is 23.0 Å². The van der Waals surface area contributed by atoms with Crippen LogP contribution in [0.1, 0.15) is 5.56 Å². The van der Waals surface area contributed by atoms with Crippen LogP contribution in [-0.2, 0) is 6.54 Å². The molecular weight excluding hydrogens is 365 g/mol. The molecule has 3 rings (SSSR count). The number of ether oxygens (including phenoxy) is 1. The first kappa shape index (κ1) is 18.4. The highest BCUT2D eigenvalue weighted by Gasteiger charge is 2.28. The highest BCUT2D eigenvalue weighted by atomic mass is 19.4. The molecule has 2 aromatic heterocycles. The number of halogens is 3. The van der Waals surface area contributed by atoms with E-state index in [1.807, 2.05) is 0 Å². The molecule has 140 valence electrons. The summed E-state index contributed by atoms with van der Waals surface area (Å²) in [6, 6.07) is 8.75. The van der Waals surface area contributed by atoms with Crippen molar-refractivity contribution in [3.8, 4) is 23.0 Å². The molecule has 0 amide bonds. The van der Waals surface area contributed by atoms with E-state index in [2.05, 4.69) is 19.8 Å². The van der Waals surface area contributed by atoms with Crippen molar-refractivity contribution in [1.82, 2.24) is 19.7 Å². The van der Waals surface area contributed by atoms with Gasteiger partial charge in [-0.05, 0) is 23.8 Å². The van der Waals surface area contributed by atoms with Crippen LogP contribution in [-0.4, -0.2) is 37.6 Å². The first-order chi connectivity index (χ1) is 12.8. The fourth-order valence-electron chi connectivity index (χ4n) is 2.21. The minimum absolute atomic E-state index is 0.0690. The SMILES string of the molecule is O=c1ccc(-c2cnc(OCC(F)(F)F)nc2)nn1Cc1cccc(O)c1. The van der Waals surface area contributed by atoms with Gasteiger partial charge in [-0.1, -0.05) is 12.1 Å². The molecule has 27 heavy (non-hydrogen) atoms. The van der Waals surface area contributed by atoms with E-state index in [4.69, 9.17) is 0 Å². The van der Waals surface area contributed by atoms with Crippen LogP contribution in [0.25, 0.3) is 11.3 Å². The molecule has 1 aromatic carbocycles. The fraction of sp³-hybridized carbons (Fsp3) is 0.176. The van der Waals surface area contributed by atoms with Gasteiger partial charge in [0, 0.05) is 24.0 Å². The molecule has 2 heterocycles. The topological polar surface area (TPSA) is 90.1 Å². The highest BCUT2D eigenvalue weighted by molar-refractivity contribution is 5.55. The number of phenolic OH excluding ortho intramolecular Hbond substituents is 1. The Labute approximate surface area is 150 Å². The van der Waals surface area contributed by atoms with Crippen molar-refractivity contribution >= 4 is 0 Å². The van der Waals surface area contributed by atoms with Gasteiger partial charge in [0.2, 0.25) is 0 Å². The standard InChI is InChI=1S/C17H13F3N4O3/c18-17(19,20)10-27-16-21-7-12(8-22-16)14-4-5-15(26)24(23-14)9-11-2-1-3-13(25)6-11/h1-8,25H,9-10H2. The second kappa shape index (κ2) is 7.44. The van der Waals surface area contributed by atoms with Gasteiger partial charge in [-0.25, -0.2) is 14.6 Å². The van der Waals surface area contributed by atoms with E-state index in [-0.39, 0.29) is 17.9 Å². The van der Waals surface area contributed by atoms with Crippen molar-refractivity contribution in [2.75, 3.05) is 6.61 Å². The van der Waals surface area contributed by atoms with Crippen LogP contribution < -0.4 is 10.3 Å². The molecule has 0 saturated heterocycles. The molecule has 0 bridgehead atoms. The Kier molecular flexibility index (Phi) is 5.06. The van der Waals surface area contributed by atoms with E-state index in [0.717, 1.165) is 0 Å². The first-order valence-corrected chi connectivity index (χ1v) is 7.68. The molecule has 10 heteroatoms. The lowest BCUT2D eigenvalue weighted by Gasteiger charge is -2.09. The van der Waals surface area contributed by atoms with Gasteiger partial charge in [-0.3, -0.25) is 4.79 Å². The molecule has 7 nitrogen and oxygen atoms in total. The summed E-state index contributed by atoms with van der Waals surface area (Å²) in [7, 11) is 0. The monoisotopic (exact) mass is 378 g/mol. The quantitative estimate of drug-likeness (QED) is 0.733. The van der Waals surface area contributed by atoms with E-state index in [0.29, 0.717) is 16.8 Å². The van der Waals surface area contributed by atoms with Gasteiger partial charge in [-0.15, -0.1) is 0 Å². The number of phenols is 1. The van der Waals surface area contributed by atoms with Crippen molar-refractivity contribution in [2.45, 2.75) is 12.7 Å². The number of benzene rings is 1. The summed E-state index contributed by atoms with van der Waals surface area (Å²) in [6.45, 7) is -1.35. The van der Waals surface area contributed by atoms with E-state index in [1.165, 1.54) is 41.3 Å². The zero-order chi connectivity index (χ0) is 19.4. The average Bonchev–Trinajstić information content (AvgIpc) is 2.62. The Morgan fingerprint density at radius 2 is 1.85 bits per heavy atom. The summed E-state index contributed by atoms with van der Waals surface area (Å²) < 4.78 is 42.0.